The van der Waals surface area contributed by atoms with Crippen molar-refractivity contribution in [2.75, 3.05) is 44.0 Å². The van der Waals surface area contributed by atoms with E-state index in [2.05, 4.69) is 20.6 Å². The number of aromatic nitrogens is 2. The molecule has 1 saturated heterocycles. The molecule has 150 valence electrons. The van der Waals surface area contributed by atoms with Gasteiger partial charge in [0.2, 0.25) is 5.95 Å². The van der Waals surface area contributed by atoms with Crippen molar-refractivity contribution in [1.29, 1.82) is 0 Å². The number of morpholine rings is 1. The standard InChI is InChI=1S/C19H24ClN5O3/c1-12(2)22-17-14(20)11-21-19(24-17)23-15-5-4-13(10-16(15)27-3)18(26)25-6-8-28-9-7-25/h4-5,10-12H,6-9H2,1-3H3,(H2,21,22,23,24). The van der Waals surface area contributed by atoms with Gasteiger partial charge in [0.1, 0.15) is 10.8 Å². The van der Waals surface area contributed by atoms with E-state index in [1.165, 1.54) is 6.20 Å². The summed E-state index contributed by atoms with van der Waals surface area (Å²) in [6.07, 6.45) is 1.53. The lowest BCUT2D eigenvalue weighted by atomic mass is 10.1. The number of rotatable bonds is 6. The van der Waals surface area contributed by atoms with Gasteiger partial charge in [0, 0.05) is 24.7 Å². The van der Waals surface area contributed by atoms with Crippen LogP contribution in [0.4, 0.5) is 17.5 Å². The molecule has 3 rings (SSSR count). The Morgan fingerprint density at radius 3 is 2.75 bits per heavy atom. The Morgan fingerprint density at radius 1 is 1.32 bits per heavy atom. The Labute approximate surface area is 169 Å². The first-order chi connectivity index (χ1) is 13.5. The molecule has 1 aromatic heterocycles. The van der Waals surface area contributed by atoms with E-state index < -0.39 is 0 Å². The van der Waals surface area contributed by atoms with E-state index in [0.717, 1.165) is 0 Å². The summed E-state index contributed by atoms with van der Waals surface area (Å²) in [6, 6.07) is 5.43. The molecule has 2 heterocycles. The van der Waals surface area contributed by atoms with Crippen LogP contribution in [0.5, 0.6) is 5.75 Å². The second kappa shape index (κ2) is 9.07. The van der Waals surface area contributed by atoms with E-state index in [1.54, 1.807) is 30.2 Å². The summed E-state index contributed by atoms with van der Waals surface area (Å²) in [5.41, 5.74) is 1.21. The highest BCUT2D eigenvalue weighted by Crippen LogP contribution is 2.29. The van der Waals surface area contributed by atoms with Gasteiger partial charge >= 0.3 is 0 Å². The molecule has 1 amide bonds. The second-order valence-corrected chi connectivity index (χ2v) is 7.04. The first kappa shape index (κ1) is 20.2. The van der Waals surface area contributed by atoms with Gasteiger partial charge in [-0.25, -0.2) is 4.98 Å². The van der Waals surface area contributed by atoms with Crippen molar-refractivity contribution in [3.05, 3.63) is 35.0 Å². The minimum absolute atomic E-state index is 0.0423. The average molecular weight is 406 g/mol. The van der Waals surface area contributed by atoms with Crippen molar-refractivity contribution in [3.63, 3.8) is 0 Å². The molecule has 0 atom stereocenters. The number of carbonyl (C=O) groups is 1. The number of benzene rings is 1. The molecule has 0 saturated carbocycles. The number of nitrogens with one attached hydrogen (secondary N) is 2. The van der Waals surface area contributed by atoms with Gasteiger partial charge in [-0.15, -0.1) is 0 Å². The van der Waals surface area contributed by atoms with Crippen LogP contribution in [-0.4, -0.2) is 60.2 Å². The van der Waals surface area contributed by atoms with Crippen molar-refractivity contribution >= 4 is 35.0 Å². The van der Waals surface area contributed by atoms with Gasteiger partial charge in [0.05, 0.1) is 32.2 Å². The molecule has 28 heavy (non-hydrogen) atoms. The van der Waals surface area contributed by atoms with Gasteiger partial charge in [0.25, 0.3) is 5.91 Å². The van der Waals surface area contributed by atoms with E-state index in [-0.39, 0.29) is 11.9 Å². The Morgan fingerprint density at radius 2 is 2.07 bits per heavy atom. The van der Waals surface area contributed by atoms with Crippen LogP contribution in [0.25, 0.3) is 0 Å². The van der Waals surface area contributed by atoms with Gasteiger partial charge in [-0.2, -0.15) is 4.98 Å². The molecule has 8 nitrogen and oxygen atoms in total. The number of methoxy groups -OCH3 is 1. The van der Waals surface area contributed by atoms with Gasteiger partial charge < -0.3 is 25.0 Å². The van der Waals surface area contributed by atoms with E-state index in [4.69, 9.17) is 21.1 Å². The lowest BCUT2D eigenvalue weighted by molar-refractivity contribution is 0.0302. The van der Waals surface area contributed by atoms with Gasteiger partial charge in [-0.05, 0) is 32.0 Å². The summed E-state index contributed by atoms with van der Waals surface area (Å²) in [5.74, 6) is 1.40. The van der Waals surface area contributed by atoms with Crippen LogP contribution in [0.2, 0.25) is 5.02 Å². The maximum absolute atomic E-state index is 12.7. The third-order valence-electron chi connectivity index (χ3n) is 4.16. The zero-order valence-electron chi connectivity index (χ0n) is 16.2. The maximum Gasteiger partial charge on any atom is 0.254 e. The van der Waals surface area contributed by atoms with Crippen LogP contribution in [0.3, 0.4) is 0 Å². The Hall–Kier alpha value is -2.58. The molecule has 1 aliphatic rings. The van der Waals surface area contributed by atoms with Crippen molar-refractivity contribution in [2.45, 2.75) is 19.9 Å². The summed E-state index contributed by atoms with van der Waals surface area (Å²) in [6.45, 7) is 6.29. The summed E-state index contributed by atoms with van der Waals surface area (Å²) in [5, 5.41) is 6.74. The fourth-order valence-electron chi connectivity index (χ4n) is 2.80. The molecule has 2 N–H and O–H groups in total. The molecule has 1 fully saturated rings. The van der Waals surface area contributed by atoms with E-state index in [1.807, 2.05) is 13.8 Å². The second-order valence-electron chi connectivity index (χ2n) is 6.63. The first-order valence-corrected chi connectivity index (χ1v) is 9.47. The normalized spacial score (nSPS) is 14.1. The summed E-state index contributed by atoms with van der Waals surface area (Å²) >= 11 is 6.14. The van der Waals surface area contributed by atoms with Crippen LogP contribution < -0.4 is 15.4 Å². The van der Waals surface area contributed by atoms with Crippen molar-refractivity contribution < 1.29 is 14.3 Å². The predicted octanol–water partition coefficient (Wildman–Crippen LogP) is 3.17. The number of halogens is 1. The molecular weight excluding hydrogens is 382 g/mol. The molecule has 0 aliphatic carbocycles. The molecule has 1 aromatic carbocycles. The highest BCUT2D eigenvalue weighted by Gasteiger charge is 2.20. The van der Waals surface area contributed by atoms with Crippen LogP contribution in [0, 0.1) is 0 Å². The van der Waals surface area contributed by atoms with Gasteiger partial charge in [-0.1, -0.05) is 11.6 Å². The summed E-state index contributed by atoms with van der Waals surface area (Å²) in [4.78, 5) is 23.1. The van der Waals surface area contributed by atoms with Gasteiger partial charge in [0.15, 0.2) is 5.82 Å². The predicted molar refractivity (Wildman–Crippen MR) is 109 cm³/mol. The zero-order chi connectivity index (χ0) is 20.1. The number of carbonyl (C=O) groups excluding carboxylic acids is 1. The van der Waals surface area contributed by atoms with Crippen LogP contribution in [0.15, 0.2) is 24.4 Å². The van der Waals surface area contributed by atoms with E-state index in [0.29, 0.717) is 60.1 Å². The van der Waals surface area contributed by atoms with Crippen molar-refractivity contribution in [3.8, 4) is 5.75 Å². The minimum Gasteiger partial charge on any atom is -0.495 e. The van der Waals surface area contributed by atoms with Crippen LogP contribution in [0.1, 0.15) is 24.2 Å². The molecule has 9 heteroatoms. The summed E-state index contributed by atoms with van der Waals surface area (Å²) < 4.78 is 10.8. The topological polar surface area (TPSA) is 88.6 Å². The highest BCUT2D eigenvalue weighted by atomic mass is 35.5. The Balaban J connectivity index is 1.80. The molecule has 2 aromatic rings. The Kier molecular flexibility index (Phi) is 6.53. The van der Waals surface area contributed by atoms with E-state index in [9.17, 15) is 4.79 Å². The summed E-state index contributed by atoms with van der Waals surface area (Å²) in [7, 11) is 1.55. The molecule has 0 unspecified atom stereocenters. The first-order valence-electron chi connectivity index (χ1n) is 9.09. The lowest BCUT2D eigenvalue weighted by Crippen LogP contribution is -2.40. The number of amides is 1. The molecule has 0 spiro atoms. The largest absolute Gasteiger partial charge is 0.495 e. The smallest absolute Gasteiger partial charge is 0.254 e. The maximum atomic E-state index is 12.7. The fourth-order valence-corrected chi connectivity index (χ4v) is 2.94. The minimum atomic E-state index is -0.0423. The van der Waals surface area contributed by atoms with Crippen LogP contribution >= 0.6 is 11.6 Å². The quantitative estimate of drug-likeness (QED) is 0.762. The number of nitrogens with zero attached hydrogens (tertiary/aromatic N) is 3. The molecule has 0 bridgehead atoms. The average Bonchev–Trinajstić information content (AvgIpc) is 2.70. The van der Waals surface area contributed by atoms with Crippen molar-refractivity contribution in [1.82, 2.24) is 14.9 Å². The SMILES string of the molecule is COc1cc(C(=O)N2CCOCC2)ccc1Nc1ncc(Cl)c(NC(C)C)n1. The monoisotopic (exact) mass is 405 g/mol. The highest BCUT2D eigenvalue weighted by molar-refractivity contribution is 6.32. The zero-order valence-corrected chi connectivity index (χ0v) is 16.9. The van der Waals surface area contributed by atoms with Crippen molar-refractivity contribution in [2.24, 2.45) is 0 Å². The fraction of sp³-hybridized carbons (Fsp3) is 0.421. The van der Waals surface area contributed by atoms with E-state index >= 15 is 0 Å². The third-order valence-corrected chi connectivity index (χ3v) is 4.44. The number of hydrogen-bond acceptors (Lipinski definition) is 7. The molecule has 1 aliphatic heterocycles. The van der Waals surface area contributed by atoms with Gasteiger partial charge in [-0.3, -0.25) is 4.79 Å². The molecule has 0 radical (unpaired) electrons. The number of hydrogen-bond donors (Lipinski definition) is 2. The number of ether oxygens (including phenoxy) is 2. The molecular formula is C19H24ClN5O3. The van der Waals surface area contributed by atoms with Crippen LogP contribution in [-0.2, 0) is 4.74 Å². The Bertz CT molecular complexity index is 840. The number of anilines is 3. The third kappa shape index (κ3) is 4.82. The lowest BCUT2D eigenvalue weighted by Gasteiger charge is -2.27.